The van der Waals surface area contributed by atoms with Gasteiger partial charge in [-0.3, -0.25) is 9.59 Å². The number of hydrogen-bond acceptors (Lipinski definition) is 3. The minimum Gasteiger partial charge on any atom is -0.376 e. The zero-order chi connectivity index (χ0) is 14.4. The molecule has 20 heavy (non-hydrogen) atoms. The molecule has 1 aromatic rings. The maximum absolute atomic E-state index is 11.8. The van der Waals surface area contributed by atoms with Crippen molar-refractivity contribution in [1.29, 1.82) is 0 Å². The van der Waals surface area contributed by atoms with Gasteiger partial charge in [0.1, 0.15) is 0 Å². The fourth-order valence-electron chi connectivity index (χ4n) is 2.18. The lowest BCUT2D eigenvalue weighted by molar-refractivity contribution is -0.139. The number of benzene rings is 1. The van der Waals surface area contributed by atoms with Crippen LogP contribution in [0, 0.1) is 0 Å². The molecule has 1 aliphatic heterocycles. The van der Waals surface area contributed by atoms with Crippen LogP contribution in [0.15, 0.2) is 30.3 Å². The summed E-state index contributed by atoms with van der Waals surface area (Å²) in [7, 11) is 0. The molecule has 1 saturated heterocycles. The van der Waals surface area contributed by atoms with Gasteiger partial charge in [0.05, 0.1) is 12.1 Å². The summed E-state index contributed by atoms with van der Waals surface area (Å²) in [5.74, 6) is -1.22. The molecule has 2 atom stereocenters. The Balaban J connectivity index is 1.77. The van der Waals surface area contributed by atoms with E-state index in [0.717, 1.165) is 25.0 Å². The van der Waals surface area contributed by atoms with E-state index in [1.54, 1.807) is 0 Å². The van der Waals surface area contributed by atoms with Gasteiger partial charge in [-0.05, 0) is 25.3 Å². The molecule has 1 aromatic carbocycles. The third kappa shape index (κ3) is 4.06. The fourth-order valence-corrected chi connectivity index (χ4v) is 2.18. The lowest BCUT2D eigenvalue weighted by Crippen LogP contribution is -2.43. The molecule has 5 heteroatoms. The van der Waals surface area contributed by atoms with E-state index in [1.165, 1.54) is 0 Å². The standard InChI is InChI=1S/C15H20N2O3/c1-11(12-6-3-2-4-7-12)17-15(19)14(18)16-10-13-8-5-9-20-13/h2-4,6-7,11,13H,5,8-10H2,1H3,(H,16,18)(H,17,19)/t11-,13-/m1/s1. The summed E-state index contributed by atoms with van der Waals surface area (Å²) in [5, 5.41) is 5.28. The van der Waals surface area contributed by atoms with E-state index in [9.17, 15) is 9.59 Å². The van der Waals surface area contributed by atoms with Crippen molar-refractivity contribution in [3.63, 3.8) is 0 Å². The Morgan fingerprint density at radius 2 is 2.05 bits per heavy atom. The van der Waals surface area contributed by atoms with Gasteiger partial charge in [0.25, 0.3) is 0 Å². The predicted molar refractivity (Wildman–Crippen MR) is 75.0 cm³/mol. The van der Waals surface area contributed by atoms with E-state index in [-0.39, 0.29) is 12.1 Å². The van der Waals surface area contributed by atoms with Crippen molar-refractivity contribution >= 4 is 11.8 Å². The second-order valence-corrected chi connectivity index (χ2v) is 4.95. The van der Waals surface area contributed by atoms with E-state index in [1.807, 2.05) is 37.3 Å². The number of amides is 2. The third-order valence-corrected chi connectivity index (χ3v) is 3.37. The summed E-state index contributed by atoms with van der Waals surface area (Å²) in [6.07, 6.45) is 1.98. The van der Waals surface area contributed by atoms with Crippen molar-refractivity contribution in [3.05, 3.63) is 35.9 Å². The Labute approximate surface area is 118 Å². The highest BCUT2D eigenvalue weighted by molar-refractivity contribution is 6.35. The van der Waals surface area contributed by atoms with Crippen LogP contribution < -0.4 is 10.6 Å². The van der Waals surface area contributed by atoms with E-state index in [0.29, 0.717) is 6.54 Å². The van der Waals surface area contributed by atoms with Crippen LogP contribution in [0.2, 0.25) is 0 Å². The van der Waals surface area contributed by atoms with Crippen molar-refractivity contribution in [2.45, 2.75) is 31.9 Å². The molecule has 0 unspecified atom stereocenters. The first-order valence-electron chi connectivity index (χ1n) is 6.92. The second kappa shape index (κ2) is 7.05. The summed E-state index contributed by atoms with van der Waals surface area (Å²) < 4.78 is 5.39. The SMILES string of the molecule is C[C@@H](NC(=O)C(=O)NC[C@H]1CCCO1)c1ccccc1. The van der Waals surface area contributed by atoms with Crippen LogP contribution >= 0.6 is 0 Å². The highest BCUT2D eigenvalue weighted by atomic mass is 16.5. The van der Waals surface area contributed by atoms with Gasteiger partial charge in [-0.15, -0.1) is 0 Å². The third-order valence-electron chi connectivity index (χ3n) is 3.37. The van der Waals surface area contributed by atoms with Gasteiger partial charge < -0.3 is 15.4 Å². The number of carbonyl (C=O) groups excluding carboxylic acids is 2. The topological polar surface area (TPSA) is 67.4 Å². The Morgan fingerprint density at radius 1 is 1.30 bits per heavy atom. The highest BCUT2D eigenvalue weighted by Crippen LogP contribution is 2.11. The van der Waals surface area contributed by atoms with E-state index in [2.05, 4.69) is 10.6 Å². The molecule has 2 rings (SSSR count). The summed E-state index contributed by atoms with van der Waals surface area (Å²) in [6.45, 7) is 2.98. The first kappa shape index (κ1) is 14.5. The molecule has 0 bridgehead atoms. The van der Waals surface area contributed by atoms with E-state index < -0.39 is 11.8 Å². The van der Waals surface area contributed by atoms with Gasteiger partial charge in [-0.25, -0.2) is 0 Å². The molecule has 5 nitrogen and oxygen atoms in total. The van der Waals surface area contributed by atoms with Crippen molar-refractivity contribution < 1.29 is 14.3 Å². The van der Waals surface area contributed by atoms with Crippen LogP contribution in [0.4, 0.5) is 0 Å². The summed E-state index contributed by atoms with van der Waals surface area (Å²) in [4.78, 5) is 23.5. The van der Waals surface area contributed by atoms with Crippen molar-refractivity contribution in [2.24, 2.45) is 0 Å². The Morgan fingerprint density at radius 3 is 2.70 bits per heavy atom. The predicted octanol–water partition coefficient (Wildman–Crippen LogP) is 1.16. The Bertz CT molecular complexity index is 455. The molecule has 0 spiro atoms. The first-order chi connectivity index (χ1) is 9.66. The Kier molecular flexibility index (Phi) is 5.12. The van der Waals surface area contributed by atoms with Crippen LogP contribution in [0.25, 0.3) is 0 Å². The number of nitrogens with one attached hydrogen (secondary N) is 2. The van der Waals surface area contributed by atoms with Gasteiger partial charge in [0.15, 0.2) is 0 Å². The first-order valence-corrected chi connectivity index (χ1v) is 6.92. The van der Waals surface area contributed by atoms with Crippen LogP contribution in [-0.2, 0) is 14.3 Å². The average molecular weight is 276 g/mol. The molecule has 1 heterocycles. The molecule has 2 amide bonds. The van der Waals surface area contributed by atoms with Gasteiger partial charge in [-0.1, -0.05) is 30.3 Å². The normalized spacial score (nSPS) is 19.4. The maximum Gasteiger partial charge on any atom is 0.309 e. The smallest absolute Gasteiger partial charge is 0.309 e. The van der Waals surface area contributed by atoms with Crippen molar-refractivity contribution in [1.82, 2.24) is 10.6 Å². The van der Waals surface area contributed by atoms with E-state index >= 15 is 0 Å². The number of rotatable bonds is 4. The molecule has 0 radical (unpaired) electrons. The van der Waals surface area contributed by atoms with E-state index in [4.69, 9.17) is 4.74 Å². The van der Waals surface area contributed by atoms with Gasteiger partial charge in [0.2, 0.25) is 0 Å². The van der Waals surface area contributed by atoms with Crippen molar-refractivity contribution in [2.75, 3.05) is 13.2 Å². The molecule has 0 saturated carbocycles. The van der Waals surface area contributed by atoms with Crippen LogP contribution in [0.5, 0.6) is 0 Å². The largest absolute Gasteiger partial charge is 0.376 e. The zero-order valence-corrected chi connectivity index (χ0v) is 11.6. The molecule has 1 fully saturated rings. The maximum atomic E-state index is 11.8. The molecule has 0 aromatic heterocycles. The minimum absolute atomic E-state index is 0.0401. The average Bonchev–Trinajstić information content (AvgIpc) is 2.98. The molecular formula is C15H20N2O3. The summed E-state index contributed by atoms with van der Waals surface area (Å²) in [5.41, 5.74) is 0.966. The van der Waals surface area contributed by atoms with Crippen LogP contribution in [-0.4, -0.2) is 31.1 Å². The monoisotopic (exact) mass is 276 g/mol. The molecular weight excluding hydrogens is 256 g/mol. The molecule has 0 aliphatic carbocycles. The molecule has 2 N–H and O–H groups in total. The zero-order valence-electron chi connectivity index (χ0n) is 11.6. The minimum atomic E-state index is -0.612. The molecule has 108 valence electrons. The quantitative estimate of drug-likeness (QED) is 0.811. The summed E-state index contributed by atoms with van der Waals surface area (Å²) >= 11 is 0. The number of carbonyl (C=O) groups is 2. The highest BCUT2D eigenvalue weighted by Gasteiger charge is 2.20. The molecule has 1 aliphatic rings. The van der Waals surface area contributed by atoms with Crippen LogP contribution in [0.3, 0.4) is 0 Å². The van der Waals surface area contributed by atoms with Gasteiger partial charge >= 0.3 is 11.8 Å². The number of ether oxygens (including phenoxy) is 1. The number of hydrogen-bond donors (Lipinski definition) is 2. The van der Waals surface area contributed by atoms with Crippen LogP contribution in [0.1, 0.15) is 31.4 Å². The summed E-state index contributed by atoms with van der Waals surface area (Å²) in [6, 6.07) is 9.33. The lowest BCUT2D eigenvalue weighted by atomic mass is 10.1. The lowest BCUT2D eigenvalue weighted by Gasteiger charge is -2.15. The second-order valence-electron chi connectivity index (χ2n) is 4.95. The van der Waals surface area contributed by atoms with Gasteiger partial charge in [-0.2, -0.15) is 0 Å². The fraction of sp³-hybridized carbons (Fsp3) is 0.467. The Hall–Kier alpha value is -1.88. The van der Waals surface area contributed by atoms with Crippen molar-refractivity contribution in [3.8, 4) is 0 Å². The van der Waals surface area contributed by atoms with Gasteiger partial charge in [0, 0.05) is 13.2 Å².